The summed E-state index contributed by atoms with van der Waals surface area (Å²) in [5.41, 5.74) is 2.07. The molecule has 2 fully saturated rings. The molecule has 1 saturated heterocycles. The smallest absolute Gasteiger partial charge is 0.244 e. The number of ether oxygens (including phenoxy) is 1. The molecule has 2 amide bonds. The Morgan fingerprint density at radius 3 is 2.53 bits per heavy atom. The molecule has 1 N–H and O–H groups in total. The summed E-state index contributed by atoms with van der Waals surface area (Å²) in [6.45, 7) is 0.321. The van der Waals surface area contributed by atoms with E-state index in [0.29, 0.717) is 6.54 Å². The van der Waals surface area contributed by atoms with Crippen LogP contribution in [0.2, 0.25) is 0 Å². The van der Waals surface area contributed by atoms with Crippen LogP contribution in [-0.2, 0) is 23.2 Å². The number of aromatic nitrogens is 2. The molecule has 1 saturated carbocycles. The molecule has 2 heterocycles. The number of benzene rings is 2. The second-order valence-corrected chi connectivity index (χ2v) is 8.79. The molecule has 7 heteroatoms. The van der Waals surface area contributed by atoms with Gasteiger partial charge in [-0.05, 0) is 49.2 Å². The minimum absolute atomic E-state index is 0.0604. The highest BCUT2D eigenvalue weighted by Gasteiger charge is 2.63. The Balaban J connectivity index is 1.40. The minimum Gasteiger partial charge on any atom is -0.497 e. The molecule has 1 spiro atoms. The predicted molar refractivity (Wildman–Crippen MR) is 122 cm³/mol. The van der Waals surface area contributed by atoms with E-state index in [2.05, 4.69) is 10.3 Å². The summed E-state index contributed by atoms with van der Waals surface area (Å²) in [4.78, 5) is 33.2. The van der Waals surface area contributed by atoms with E-state index in [1.807, 2.05) is 60.1 Å². The number of rotatable bonds is 5. The van der Waals surface area contributed by atoms with Crippen LogP contribution in [-0.4, -0.2) is 34.5 Å². The van der Waals surface area contributed by atoms with Gasteiger partial charge < -0.3 is 14.6 Å². The van der Waals surface area contributed by atoms with Crippen LogP contribution in [0.3, 0.4) is 0 Å². The number of imidazole rings is 1. The van der Waals surface area contributed by atoms with Gasteiger partial charge in [0.1, 0.15) is 17.6 Å². The molecule has 0 bridgehead atoms. The number of nitrogens with zero attached hydrogens (tertiary/aromatic N) is 3. The summed E-state index contributed by atoms with van der Waals surface area (Å²) >= 11 is 0. The number of carbonyl (C=O) groups is 2. The van der Waals surface area contributed by atoms with Crippen LogP contribution in [0, 0.1) is 5.41 Å². The van der Waals surface area contributed by atoms with Crippen molar-refractivity contribution < 1.29 is 14.3 Å². The van der Waals surface area contributed by atoms with Crippen LogP contribution in [0.1, 0.15) is 37.9 Å². The van der Waals surface area contributed by atoms with E-state index in [1.54, 1.807) is 12.0 Å². The van der Waals surface area contributed by atoms with Crippen molar-refractivity contribution in [2.24, 2.45) is 12.5 Å². The number of fused-ring (bicyclic) bond motifs is 1. The number of β-lactam (4-membered cyclic amide) rings is 1. The van der Waals surface area contributed by atoms with Crippen molar-refractivity contribution in [2.75, 3.05) is 12.0 Å². The average molecular weight is 433 g/mol. The van der Waals surface area contributed by atoms with Crippen LogP contribution in [0.25, 0.3) is 11.0 Å². The first-order valence-electron chi connectivity index (χ1n) is 11.2. The number of methoxy groups -OCH3 is 1. The van der Waals surface area contributed by atoms with Gasteiger partial charge in [0.15, 0.2) is 0 Å². The fourth-order valence-corrected chi connectivity index (χ4v) is 5.32. The number of carbonyl (C=O) groups excluding carboxylic acids is 2. The van der Waals surface area contributed by atoms with Crippen LogP contribution >= 0.6 is 0 Å². The Bertz CT molecular complexity index is 1160. The number of amides is 2. The second-order valence-electron chi connectivity index (χ2n) is 8.79. The zero-order valence-corrected chi connectivity index (χ0v) is 18.5. The summed E-state index contributed by atoms with van der Waals surface area (Å²) in [5.74, 6) is 1.45. The molecule has 7 nitrogen and oxygen atoms in total. The van der Waals surface area contributed by atoms with E-state index in [0.717, 1.165) is 60.4 Å². The van der Waals surface area contributed by atoms with Gasteiger partial charge in [0.05, 0.1) is 30.1 Å². The van der Waals surface area contributed by atoms with Crippen LogP contribution < -0.4 is 15.0 Å². The van der Waals surface area contributed by atoms with Crippen molar-refractivity contribution in [1.82, 2.24) is 14.9 Å². The molecule has 1 unspecified atom stereocenters. The maximum absolute atomic E-state index is 13.5. The molecule has 2 aliphatic rings. The maximum atomic E-state index is 13.5. The van der Waals surface area contributed by atoms with E-state index in [9.17, 15) is 9.59 Å². The van der Waals surface area contributed by atoms with Gasteiger partial charge in [-0.2, -0.15) is 0 Å². The van der Waals surface area contributed by atoms with Crippen molar-refractivity contribution in [3.63, 3.8) is 0 Å². The SMILES string of the molecule is COc1ccc(N2C(=O)C3(CCCCC3)C2C(=O)NCc2nc3ccccc3n2C)cc1. The van der Waals surface area contributed by atoms with Gasteiger partial charge in [-0.1, -0.05) is 31.4 Å². The highest BCUT2D eigenvalue weighted by molar-refractivity contribution is 6.14. The summed E-state index contributed by atoms with van der Waals surface area (Å²) in [6.07, 6.45) is 4.62. The molecule has 32 heavy (non-hydrogen) atoms. The third-order valence-corrected chi connectivity index (χ3v) is 7.07. The van der Waals surface area contributed by atoms with E-state index in [-0.39, 0.29) is 11.8 Å². The lowest BCUT2D eigenvalue weighted by atomic mass is 9.61. The quantitative estimate of drug-likeness (QED) is 0.626. The molecule has 5 rings (SSSR count). The Hall–Kier alpha value is -3.35. The number of aryl methyl sites for hydroxylation is 1. The lowest BCUT2D eigenvalue weighted by molar-refractivity contribution is -0.150. The van der Waals surface area contributed by atoms with Crippen molar-refractivity contribution in [3.05, 3.63) is 54.4 Å². The fourth-order valence-electron chi connectivity index (χ4n) is 5.32. The van der Waals surface area contributed by atoms with Gasteiger partial charge in [-0.25, -0.2) is 4.98 Å². The molecule has 1 aromatic heterocycles. The van der Waals surface area contributed by atoms with E-state index < -0.39 is 11.5 Å². The van der Waals surface area contributed by atoms with Crippen molar-refractivity contribution in [3.8, 4) is 5.75 Å². The third-order valence-electron chi connectivity index (χ3n) is 7.07. The van der Waals surface area contributed by atoms with Gasteiger partial charge in [0, 0.05) is 12.7 Å². The molecule has 1 aliphatic heterocycles. The molecule has 1 atom stereocenters. The van der Waals surface area contributed by atoms with Crippen molar-refractivity contribution in [1.29, 1.82) is 0 Å². The molecule has 3 aromatic rings. The highest BCUT2D eigenvalue weighted by Crippen LogP contribution is 2.51. The molecule has 166 valence electrons. The van der Waals surface area contributed by atoms with Gasteiger partial charge in [0.2, 0.25) is 11.8 Å². The zero-order chi connectivity index (χ0) is 22.3. The Morgan fingerprint density at radius 2 is 1.84 bits per heavy atom. The number of nitrogens with one attached hydrogen (secondary N) is 1. The van der Waals surface area contributed by atoms with Crippen LogP contribution in [0.15, 0.2) is 48.5 Å². The topological polar surface area (TPSA) is 76.5 Å². The standard InChI is InChI=1S/C25H28N4O3/c1-28-20-9-5-4-8-19(20)27-21(28)16-26-23(30)22-25(14-6-3-7-15-25)24(31)29(22)17-10-12-18(32-2)13-11-17/h4-5,8-13,22H,3,6-7,14-16H2,1-2H3,(H,26,30). The van der Waals surface area contributed by atoms with E-state index in [1.165, 1.54) is 0 Å². The average Bonchev–Trinajstić information content (AvgIpc) is 3.16. The molecule has 1 aliphatic carbocycles. The van der Waals surface area contributed by atoms with Crippen LogP contribution in [0.4, 0.5) is 5.69 Å². The largest absolute Gasteiger partial charge is 0.497 e. The number of hydrogen-bond acceptors (Lipinski definition) is 4. The summed E-state index contributed by atoms with van der Waals surface area (Å²) in [6, 6.07) is 14.7. The van der Waals surface area contributed by atoms with E-state index in [4.69, 9.17) is 4.74 Å². The first kappa shape index (κ1) is 20.5. The summed E-state index contributed by atoms with van der Waals surface area (Å²) in [7, 11) is 3.56. The second kappa shape index (κ2) is 7.97. The molecule has 2 aromatic carbocycles. The predicted octanol–water partition coefficient (Wildman–Crippen LogP) is 3.56. The first-order chi connectivity index (χ1) is 15.5. The van der Waals surface area contributed by atoms with Crippen molar-refractivity contribution >= 4 is 28.5 Å². The number of hydrogen-bond donors (Lipinski definition) is 1. The monoisotopic (exact) mass is 432 g/mol. The van der Waals surface area contributed by atoms with Gasteiger partial charge >= 0.3 is 0 Å². The Morgan fingerprint density at radius 1 is 1.12 bits per heavy atom. The van der Waals surface area contributed by atoms with Gasteiger partial charge in [-0.15, -0.1) is 0 Å². The van der Waals surface area contributed by atoms with Gasteiger partial charge in [-0.3, -0.25) is 14.5 Å². The Kier molecular flexibility index (Phi) is 5.12. The fraction of sp³-hybridized carbons (Fsp3) is 0.400. The lowest BCUT2D eigenvalue weighted by Crippen LogP contribution is -2.74. The molecular formula is C25H28N4O3. The maximum Gasteiger partial charge on any atom is 0.244 e. The minimum atomic E-state index is -0.589. The summed E-state index contributed by atoms with van der Waals surface area (Å²) < 4.78 is 7.24. The summed E-state index contributed by atoms with van der Waals surface area (Å²) in [5, 5.41) is 3.08. The number of para-hydroxylation sites is 2. The van der Waals surface area contributed by atoms with E-state index >= 15 is 0 Å². The highest BCUT2D eigenvalue weighted by atomic mass is 16.5. The van der Waals surface area contributed by atoms with Crippen LogP contribution in [0.5, 0.6) is 5.75 Å². The lowest BCUT2D eigenvalue weighted by Gasteiger charge is -2.56. The molecular weight excluding hydrogens is 404 g/mol. The van der Waals surface area contributed by atoms with Gasteiger partial charge in [0.25, 0.3) is 0 Å². The van der Waals surface area contributed by atoms with Crippen molar-refractivity contribution in [2.45, 2.75) is 44.7 Å². The molecule has 0 radical (unpaired) electrons. The number of anilines is 1. The first-order valence-corrected chi connectivity index (χ1v) is 11.2. The third kappa shape index (κ3) is 3.15. The zero-order valence-electron chi connectivity index (χ0n) is 18.5. The normalized spacial score (nSPS) is 19.8. The Labute approximate surface area is 187 Å².